The third-order valence-corrected chi connectivity index (χ3v) is 1.72. The summed E-state index contributed by atoms with van der Waals surface area (Å²) in [7, 11) is 0. The maximum Gasteiger partial charge on any atom is 0.167 e. The number of aryl methyl sites for hydroxylation is 2. The third-order valence-electron chi connectivity index (χ3n) is 1.72. The van der Waals surface area contributed by atoms with Crippen molar-refractivity contribution in [1.29, 1.82) is 0 Å². The average molecular weight is 178 g/mol. The van der Waals surface area contributed by atoms with Crippen LogP contribution in [0.15, 0.2) is 29.0 Å². The number of rotatable bonds is 3. The highest BCUT2D eigenvalue weighted by Gasteiger charge is 2.00. The van der Waals surface area contributed by atoms with Gasteiger partial charge in [0.2, 0.25) is 0 Å². The molecule has 0 saturated carbocycles. The van der Waals surface area contributed by atoms with E-state index in [1.807, 2.05) is 16.9 Å². The minimum atomic E-state index is 0.426. The number of nitrogens with zero attached hydrogens (tertiary/aromatic N) is 3. The summed E-state index contributed by atoms with van der Waals surface area (Å²) in [5.41, 5.74) is 5.40. The van der Waals surface area contributed by atoms with Crippen LogP contribution in [0.1, 0.15) is 5.76 Å². The van der Waals surface area contributed by atoms with Crippen molar-refractivity contribution in [2.45, 2.75) is 13.0 Å². The summed E-state index contributed by atoms with van der Waals surface area (Å²) >= 11 is 0. The zero-order valence-electron chi connectivity index (χ0n) is 7.05. The van der Waals surface area contributed by atoms with Crippen LogP contribution in [0, 0.1) is 0 Å². The second kappa shape index (κ2) is 3.30. The predicted molar refractivity (Wildman–Crippen MR) is 46.8 cm³/mol. The van der Waals surface area contributed by atoms with Gasteiger partial charge >= 0.3 is 0 Å². The summed E-state index contributed by atoms with van der Waals surface area (Å²) in [4.78, 5) is 0. The van der Waals surface area contributed by atoms with Crippen molar-refractivity contribution in [3.8, 4) is 0 Å². The SMILES string of the molecule is Nc1cc(CCn2cccn2)on1. The molecule has 5 heteroatoms. The second-order valence-electron chi connectivity index (χ2n) is 2.74. The lowest BCUT2D eigenvalue weighted by Crippen LogP contribution is -2.00. The number of hydrogen-bond donors (Lipinski definition) is 1. The zero-order chi connectivity index (χ0) is 9.10. The van der Waals surface area contributed by atoms with Gasteiger partial charge in [0.05, 0.1) is 0 Å². The number of aromatic nitrogens is 3. The van der Waals surface area contributed by atoms with Gasteiger partial charge in [-0.15, -0.1) is 0 Å². The topological polar surface area (TPSA) is 69.9 Å². The number of hydrogen-bond acceptors (Lipinski definition) is 4. The molecule has 5 nitrogen and oxygen atoms in total. The summed E-state index contributed by atoms with van der Waals surface area (Å²) in [6, 6.07) is 3.61. The van der Waals surface area contributed by atoms with Crippen molar-refractivity contribution < 1.29 is 4.52 Å². The van der Waals surface area contributed by atoms with E-state index in [2.05, 4.69) is 10.3 Å². The smallest absolute Gasteiger partial charge is 0.167 e. The molecule has 2 aromatic rings. The maximum atomic E-state index is 5.40. The molecule has 0 atom stereocenters. The molecule has 0 aliphatic carbocycles. The summed E-state index contributed by atoms with van der Waals surface area (Å²) in [5.74, 6) is 1.21. The minimum absolute atomic E-state index is 0.426. The van der Waals surface area contributed by atoms with Gasteiger partial charge in [0.1, 0.15) is 5.76 Å². The van der Waals surface area contributed by atoms with E-state index in [9.17, 15) is 0 Å². The number of nitrogens with two attached hydrogens (primary N) is 1. The van der Waals surface area contributed by atoms with Crippen molar-refractivity contribution in [1.82, 2.24) is 14.9 Å². The molecular formula is C8H10N4O. The highest BCUT2D eigenvalue weighted by atomic mass is 16.5. The third kappa shape index (κ3) is 1.87. The molecule has 0 aliphatic heterocycles. The first kappa shape index (κ1) is 7.85. The molecule has 2 aromatic heterocycles. The molecule has 13 heavy (non-hydrogen) atoms. The Balaban J connectivity index is 1.93. The van der Waals surface area contributed by atoms with Gasteiger partial charge in [-0.1, -0.05) is 5.16 Å². The summed E-state index contributed by atoms with van der Waals surface area (Å²) in [6.07, 6.45) is 4.40. The number of anilines is 1. The van der Waals surface area contributed by atoms with Crippen LogP contribution in [0.4, 0.5) is 5.82 Å². The fourth-order valence-electron chi connectivity index (χ4n) is 1.10. The molecule has 2 rings (SSSR count). The van der Waals surface area contributed by atoms with E-state index in [-0.39, 0.29) is 0 Å². The molecule has 0 fully saturated rings. The average Bonchev–Trinajstić information content (AvgIpc) is 2.71. The first-order valence-electron chi connectivity index (χ1n) is 4.03. The maximum absolute atomic E-state index is 5.40. The van der Waals surface area contributed by atoms with E-state index in [1.165, 1.54) is 0 Å². The molecule has 0 spiro atoms. The van der Waals surface area contributed by atoms with Crippen LogP contribution < -0.4 is 5.73 Å². The van der Waals surface area contributed by atoms with Crippen LogP contribution in [0.3, 0.4) is 0 Å². The van der Waals surface area contributed by atoms with E-state index < -0.39 is 0 Å². The van der Waals surface area contributed by atoms with Gasteiger partial charge < -0.3 is 10.3 Å². The Morgan fingerprint density at radius 3 is 3.08 bits per heavy atom. The fourth-order valence-corrected chi connectivity index (χ4v) is 1.10. The molecule has 0 radical (unpaired) electrons. The van der Waals surface area contributed by atoms with Crippen LogP contribution in [-0.4, -0.2) is 14.9 Å². The molecule has 0 bridgehead atoms. The Morgan fingerprint density at radius 1 is 1.54 bits per heavy atom. The van der Waals surface area contributed by atoms with Gasteiger partial charge in [0.25, 0.3) is 0 Å². The lowest BCUT2D eigenvalue weighted by Gasteiger charge is -1.96. The highest BCUT2D eigenvalue weighted by molar-refractivity contribution is 5.26. The van der Waals surface area contributed by atoms with E-state index in [0.717, 1.165) is 18.7 Å². The normalized spacial score (nSPS) is 10.5. The van der Waals surface area contributed by atoms with Gasteiger partial charge in [0, 0.05) is 31.4 Å². The van der Waals surface area contributed by atoms with Crippen molar-refractivity contribution >= 4 is 5.82 Å². The second-order valence-corrected chi connectivity index (χ2v) is 2.74. The van der Waals surface area contributed by atoms with Gasteiger partial charge in [-0.3, -0.25) is 4.68 Å². The molecule has 2 N–H and O–H groups in total. The van der Waals surface area contributed by atoms with Crippen molar-refractivity contribution in [3.05, 3.63) is 30.3 Å². The van der Waals surface area contributed by atoms with E-state index in [4.69, 9.17) is 10.3 Å². The predicted octanol–water partition coefficient (Wildman–Crippen LogP) is 0.696. The first-order valence-corrected chi connectivity index (χ1v) is 4.03. The van der Waals surface area contributed by atoms with Crippen molar-refractivity contribution in [2.24, 2.45) is 0 Å². The van der Waals surface area contributed by atoms with E-state index >= 15 is 0 Å². The minimum Gasteiger partial charge on any atom is -0.381 e. The van der Waals surface area contributed by atoms with Gasteiger partial charge in [-0.05, 0) is 6.07 Å². The van der Waals surface area contributed by atoms with Gasteiger partial charge in [0.15, 0.2) is 5.82 Å². The molecule has 0 unspecified atom stereocenters. The molecule has 68 valence electrons. The van der Waals surface area contributed by atoms with Crippen LogP contribution in [-0.2, 0) is 13.0 Å². The lowest BCUT2D eigenvalue weighted by atomic mass is 10.3. The standard InChI is InChI=1S/C8H10N4O/c9-8-6-7(13-11-8)2-5-12-4-1-3-10-12/h1,3-4,6H,2,5H2,(H2,9,11). The Bertz CT molecular complexity index is 365. The molecule has 0 aliphatic rings. The molecule has 0 saturated heterocycles. The highest BCUT2D eigenvalue weighted by Crippen LogP contribution is 2.05. The van der Waals surface area contributed by atoms with Crippen molar-refractivity contribution in [2.75, 3.05) is 5.73 Å². The van der Waals surface area contributed by atoms with Gasteiger partial charge in [-0.25, -0.2) is 0 Å². The Kier molecular flexibility index (Phi) is 1.99. The number of nitrogen functional groups attached to an aromatic ring is 1. The molecule has 0 amide bonds. The molecular weight excluding hydrogens is 168 g/mol. The van der Waals surface area contributed by atoms with Crippen LogP contribution >= 0.6 is 0 Å². The largest absolute Gasteiger partial charge is 0.381 e. The van der Waals surface area contributed by atoms with Crippen LogP contribution in [0.2, 0.25) is 0 Å². The fraction of sp³-hybridized carbons (Fsp3) is 0.250. The lowest BCUT2D eigenvalue weighted by molar-refractivity contribution is 0.376. The Labute approximate surface area is 75.1 Å². The Hall–Kier alpha value is -1.78. The van der Waals surface area contributed by atoms with Crippen LogP contribution in [0.25, 0.3) is 0 Å². The first-order chi connectivity index (χ1) is 6.34. The summed E-state index contributed by atoms with van der Waals surface area (Å²) < 4.78 is 6.78. The molecule has 2 heterocycles. The van der Waals surface area contributed by atoms with E-state index in [0.29, 0.717) is 5.82 Å². The monoisotopic (exact) mass is 178 g/mol. The van der Waals surface area contributed by atoms with Gasteiger partial charge in [-0.2, -0.15) is 5.10 Å². The van der Waals surface area contributed by atoms with E-state index in [1.54, 1.807) is 12.3 Å². The quantitative estimate of drug-likeness (QED) is 0.750. The Morgan fingerprint density at radius 2 is 2.46 bits per heavy atom. The van der Waals surface area contributed by atoms with Crippen LogP contribution in [0.5, 0.6) is 0 Å². The zero-order valence-corrected chi connectivity index (χ0v) is 7.05. The summed E-state index contributed by atoms with van der Waals surface area (Å²) in [5, 5.41) is 7.65. The molecule has 0 aromatic carbocycles. The van der Waals surface area contributed by atoms with Crippen molar-refractivity contribution in [3.63, 3.8) is 0 Å². The summed E-state index contributed by atoms with van der Waals surface area (Å²) in [6.45, 7) is 0.779.